The molecule has 0 amide bonds. The van der Waals surface area contributed by atoms with E-state index in [0.717, 1.165) is 19.6 Å². The molecule has 2 heteroatoms. The molecule has 0 aliphatic rings. The monoisotopic (exact) mass is 201 g/mol. The van der Waals surface area contributed by atoms with Gasteiger partial charge in [-0.25, -0.2) is 0 Å². The van der Waals surface area contributed by atoms with Crippen LogP contribution in [0.25, 0.3) is 0 Å². The summed E-state index contributed by atoms with van der Waals surface area (Å²) < 4.78 is 5.69. The predicted octanol–water partition coefficient (Wildman–Crippen LogP) is 2.97. The SMILES string of the molecule is CCCNC(C)CCOC(C)CCC. The molecule has 14 heavy (non-hydrogen) atoms. The minimum Gasteiger partial charge on any atom is -0.378 e. The van der Waals surface area contributed by atoms with Gasteiger partial charge in [0.05, 0.1) is 6.10 Å². The molecule has 2 atom stereocenters. The summed E-state index contributed by atoms with van der Waals surface area (Å²) in [6.45, 7) is 10.8. The number of ether oxygens (including phenoxy) is 1. The summed E-state index contributed by atoms with van der Waals surface area (Å²) in [6.07, 6.45) is 5.14. The van der Waals surface area contributed by atoms with Crippen molar-refractivity contribution < 1.29 is 4.74 Å². The van der Waals surface area contributed by atoms with Crippen LogP contribution >= 0.6 is 0 Å². The molecule has 0 aliphatic carbocycles. The van der Waals surface area contributed by atoms with Crippen molar-refractivity contribution in [2.24, 2.45) is 0 Å². The largest absolute Gasteiger partial charge is 0.378 e. The molecule has 86 valence electrons. The van der Waals surface area contributed by atoms with Gasteiger partial charge in [-0.15, -0.1) is 0 Å². The fraction of sp³-hybridized carbons (Fsp3) is 1.00. The highest BCUT2D eigenvalue weighted by Gasteiger charge is 2.03. The van der Waals surface area contributed by atoms with E-state index in [9.17, 15) is 0 Å². The van der Waals surface area contributed by atoms with Crippen molar-refractivity contribution in [2.45, 2.75) is 65.5 Å². The highest BCUT2D eigenvalue weighted by atomic mass is 16.5. The van der Waals surface area contributed by atoms with Gasteiger partial charge < -0.3 is 10.1 Å². The highest BCUT2D eigenvalue weighted by Crippen LogP contribution is 2.02. The average Bonchev–Trinajstić information content (AvgIpc) is 2.15. The van der Waals surface area contributed by atoms with E-state index in [0.29, 0.717) is 12.1 Å². The van der Waals surface area contributed by atoms with Gasteiger partial charge >= 0.3 is 0 Å². The Morgan fingerprint density at radius 3 is 2.36 bits per heavy atom. The Hall–Kier alpha value is -0.0800. The van der Waals surface area contributed by atoms with Gasteiger partial charge in [0.2, 0.25) is 0 Å². The summed E-state index contributed by atoms with van der Waals surface area (Å²) in [5.74, 6) is 0. The third-order valence-electron chi connectivity index (χ3n) is 2.39. The van der Waals surface area contributed by atoms with E-state index in [2.05, 4.69) is 33.0 Å². The second kappa shape index (κ2) is 9.47. The molecule has 0 rings (SSSR count). The summed E-state index contributed by atoms with van der Waals surface area (Å²) in [7, 11) is 0. The molecule has 2 unspecified atom stereocenters. The molecule has 0 aromatic rings. The topological polar surface area (TPSA) is 21.3 Å². The quantitative estimate of drug-likeness (QED) is 0.619. The summed E-state index contributed by atoms with van der Waals surface area (Å²) in [6, 6.07) is 0.587. The van der Waals surface area contributed by atoms with E-state index in [1.807, 2.05) is 0 Å². The number of rotatable bonds is 9. The molecular weight excluding hydrogens is 174 g/mol. The smallest absolute Gasteiger partial charge is 0.0546 e. The van der Waals surface area contributed by atoms with Crippen molar-refractivity contribution >= 4 is 0 Å². The zero-order valence-corrected chi connectivity index (χ0v) is 10.3. The summed E-state index contributed by atoms with van der Waals surface area (Å²) >= 11 is 0. The number of hydrogen-bond donors (Lipinski definition) is 1. The van der Waals surface area contributed by atoms with Gasteiger partial charge in [0.1, 0.15) is 0 Å². The molecule has 0 saturated heterocycles. The van der Waals surface area contributed by atoms with Crippen molar-refractivity contribution in [3.63, 3.8) is 0 Å². The first-order valence-electron chi connectivity index (χ1n) is 6.05. The van der Waals surface area contributed by atoms with Gasteiger partial charge in [0.15, 0.2) is 0 Å². The lowest BCUT2D eigenvalue weighted by Crippen LogP contribution is -2.28. The van der Waals surface area contributed by atoms with Gasteiger partial charge in [-0.3, -0.25) is 0 Å². The zero-order chi connectivity index (χ0) is 10.8. The van der Waals surface area contributed by atoms with E-state index in [1.54, 1.807) is 0 Å². The maximum absolute atomic E-state index is 5.69. The van der Waals surface area contributed by atoms with Crippen molar-refractivity contribution in [2.75, 3.05) is 13.2 Å². The van der Waals surface area contributed by atoms with Crippen LogP contribution in [0.5, 0.6) is 0 Å². The van der Waals surface area contributed by atoms with Gasteiger partial charge in [0.25, 0.3) is 0 Å². The Labute approximate surface area is 89.4 Å². The molecule has 0 fully saturated rings. The van der Waals surface area contributed by atoms with Gasteiger partial charge in [0, 0.05) is 12.6 Å². The number of nitrogens with one attached hydrogen (secondary N) is 1. The molecule has 2 nitrogen and oxygen atoms in total. The fourth-order valence-electron chi connectivity index (χ4n) is 1.43. The Morgan fingerprint density at radius 2 is 1.79 bits per heavy atom. The Balaban J connectivity index is 3.25. The van der Waals surface area contributed by atoms with Crippen LogP contribution in [-0.2, 0) is 4.74 Å². The van der Waals surface area contributed by atoms with Gasteiger partial charge in [-0.1, -0.05) is 20.3 Å². The first kappa shape index (κ1) is 13.9. The molecule has 0 saturated carbocycles. The Morgan fingerprint density at radius 1 is 1.07 bits per heavy atom. The Bertz CT molecular complexity index is 117. The van der Waals surface area contributed by atoms with Gasteiger partial charge in [-0.05, 0) is 39.7 Å². The van der Waals surface area contributed by atoms with Crippen LogP contribution in [0.4, 0.5) is 0 Å². The molecule has 0 aliphatic heterocycles. The van der Waals surface area contributed by atoms with E-state index in [4.69, 9.17) is 4.74 Å². The van der Waals surface area contributed by atoms with Crippen molar-refractivity contribution in [1.29, 1.82) is 0 Å². The van der Waals surface area contributed by atoms with E-state index < -0.39 is 0 Å². The van der Waals surface area contributed by atoms with Crippen LogP contribution in [0.2, 0.25) is 0 Å². The summed E-state index contributed by atoms with van der Waals surface area (Å²) in [4.78, 5) is 0. The van der Waals surface area contributed by atoms with E-state index >= 15 is 0 Å². The molecule has 0 radical (unpaired) electrons. The van der Waals surface area contributed by atoms with Gasteiger partial charge in [-0.2, -0.15) is 0 Å². The first-order valence-corrected chi connectivity index (χ1v) is 6.05. The standard InChI is InChI=1S/C12H27NO/c1-5-7-12(4)14-10-8-11(3)13-9-6-2/h11-13H,5-10H2,1-4H3. The maximum Gasteiger partial charge on any atom is 0.0546 e. The first-order chi connectivity index (χ1) is 6.70. The van der Waals surface area contributed by atoms with E-state index in [-0.39, 0.29) is 0 Å². The molecule has 0 bridgehead atoms. The van der Waals surface area contributed by atoms with Crippen LogP contribution in [-0.4, -0.2) is 25.3 Å². The second-order valence-corrected chi connectivity index (χ2v) is 4.11. The summed E-state index contributed by atoms with van der Waals surface area (Å²) in [5, 5.41) is 3.46. The fourth-order valence-corrected chi connectivity index (χ4v) is 1.43. The molecule has 0 aromatic heterocycles. The minimum absolute atomic E-state index is 0.429. The van der Waals surface area contributed by atoms with Crippen LogP contribution in [0.3, 0.4) is 0 Å². The lowest BCUT2D eigenvalue weighted by atomic mass is 10.2. The van der Waals surface area contributed by atoms with E-state index in [1.165, 1.54) is 19.3 Å². The highest BCUT2D eigenvalue weighted by molar-refractivity contribution is 4.59. The molecule has 0 heterocycles. The third-order valence-corrected chi connectivity index (χ3v) is 2.39. The normalized spacial score (nSPS) is 15.4. The van der Waals surface area contributed by atoms with Crippen LogP contribution in [0.15, 0.2) is 0 Å². The van der Waals surface area contributed by atoms with Crippen LogP contribution < -0.4 is 5.32 Å². The molecule has 0 spiro atoms. The third kappa shape index (κ3) is 8.52. The average molecular weight is 201 g/mol. The lowest BCUT2D eigenvalue weighted by Gasteiger charge is -2.16. The van der Waals surface area contributed by atoms with Crippen LogP contribution in [0.1, 0.15) is 53.4 Å². The second-order valence-electron chi connectivity index (χ2n) is 4.11. The van der Waals surface area contributed by atoms with Crippen molar-refractivity contribution in [3.05, 3.63) is 0 Å². The lowest BCUT2D eigenvalue weighted by molar-refractivity contribution is 0.0544. The van der Waals surface area contributed by atoms with Crippen molar-refractivity contribution in [3.8, 4) is 0 Å². The van der Waals surface area contributed by atoms with Crippen molar-refractivity contribution in [1.82, 2.24) is 5.32 Å². The predicted molar refractivity (Wildman–Crippen MR) is 62.7 cm³/mol. The molecule has 1 N–H and O–H groups in total. The molecule has 0 aromatic carbocycles. The summed E-state index contributed by atoms with van der Waals surface area (Å²) in [5.41, 5.74) is 0. The molecular formula is C12H27NO. The Kier molecular flexibility index (Phi) is 9.42. The maximum atomic E-state index is 5.69. The van der Waals surface area contributed by atoms with Crippen LogP contribution in [0, 0.1) is 0 Å². The zero-order valence-electron chi connectivity index (χ0n) is 10.3. The minimum atomic E-state index is 0.429. The number of hydrogen-bond acceptors (Lipinski definition) is 2.